The molecule has 4 heteroatoms. The van der Waals surface area contributed by atoms with Crippen molar-refractivity contribution in [1.29, 1.82) is 0 Å². The van der Waals surface area contributed by atoms with E-state index in [2.05, 4.69) is 5.32 Å². The van der Waals surface area contributed by atoms with E-state index in [1.807, 2.05) is 24.4 Å². The molecule has 1 aromatic heterocycles. The van der Waals surface area contributed by atoms with Gasteiger partial charge in [-0.2, -0.15) is 0 Å². The number of thiophene rings is 1. The van der Waals surface area contributed by atoms with Crippen LogP contribution in [0.5, 0.6) is 0 Å². The van der Waals surface area contributed by atoms with Gasteiger partial charge in [-0.15, -0.1) is 11.3 Å². The number of hydrogen-bond donors (Lipinski definition) is 1. The van der Waals surface area contributed by atoms with Gasteiger partial charge in [0, 0.05) is 10.4 Å². The van der Waals surface area contributed by atoms with Crippen molar-refractivity contribution in [1.82, 2.24) is 5.32 Å². The van der Waals surface area contributed by atoms with Crippen LogP contribution < -0.4 is 5.32 Å². The molecule has 0 amide bonds. The molecule has 0 spiro atoms. The molecule has 0 saturated heterocycles. The van der Waals surface area contributed by atoms with Gasteiger partial charge in [-0.25, -0.2) is 8.78 Å². The lowest BCUT2D eigenvalue weighted by atomic mass is 10.0. The molecular weight excluding hydrogens is 240 g/mol. The number of rotatable bonds is 4. The highest BCUT2D eigenvalue weighted by Crippen LogP contribution is 2.29. The van der Waals surface area contributed by atoms with E-state index in [-0.39, 0.29) is 5.56 Å². The fourth-order valence-electron chi connectivity index (χ4n) is 1.79. The summed E-state index contributed by atoms with van der Waals surface area (Å²) in [6, 6.07) is 7.30. The largest absolute Gasteiger partial charge is 0.306 e. The maximum Gasteiger partial charge on any atom is 0.131 e. The quantitative estimate of drug-likeness (QED) is 0.875. The molecule has 2 aromatic rings. The summed E-state index contributed by atoms with van der Waals surface area (Å²) < 4.78 is 27.5. The summed E-state index contributed by atoms with van der Waals surface area (Å²) in [6.45, 7) is 2.57. The van der Waals surface area contributed by atoms with E-state index in [1.165, 1.54) is 29.5 Å². The predicted molar refractivity (Wildman–Crippen MR) is 66.2 cm³/mol. The second kappa shape index (κ2) is 5.38. The maximum absolute atomic E-state index is 13.7. The number of nitrogens with one attached hydrogen (secondary N) is 1. The van der Waals surface area contributed by atoms with Crippen LogP contribution in [-0.2, 0) is 0 Å². The van der Waals surface area contributed by atoms with Gasteiger partial charge in [-0.05, 0) is 30.1 Å². The molecule has 1 unspecified atom stereocenters. The van der Waals surface area contributed by atoms with Gasteiger partial charge in [0.05, 0.1) is 6.04 Å². The van der Waals surface area contributed by atoms with Crippen molar-refractivity contribution >= 4 is 11.3 Å². The Hall–Kier alpha value is -1.26. The Morgan fingerprint density at radius 3 is 2.41 bits per heavy atom. The molecule has 1 aromatic carbocycles. The van der Waals surface area contributed by atoms with Gasteiger partial charge < -0.3 is 5.32 Å². The Kier molecular flexibility index (Phi) is 3.86. The molecule has 0 aliphatic rings. The number of benzene rings is 1. The second-order valence-corrected chi connectivity index (χ2v) is 4.62. The molecule has 1 heterocycles. The van der Waals surface area contributed by atoms with Gasteiger partial charge in [0.15, 0.2) is 0 Å². The lowest BCUT2D eigenvalue weighted by Crippen LogP contribution is -2.23. The summed E-state index contributed by atoms with van der Waals surface area (Å²) in [7, 11) is 0. The normalized spacial score (nSPS) is 12.6. The van der Waals surface area contributed by atoms with E-state index < -0.39 is 17.7 Å². The third kappa shape index (κ3) is 2.53. The highest BCUT2D eigenvalue weighted by molar-refractivity contribution is 7.10. The average Bonchev–Trinajstić information content (AvgIpc) is 2.80. The van der Waals surface area contributed by atoms with Crippen LogP contribution >= 0.6 is 11.3 Å². The van der Waals surface area contributed by atoms with Gasteiger partial charge in [-0.3, -0.25) is 0 Å². The first-order valence-electron chi connectivity index (χ1n) is 5.44. The van der Waals surface area contributed by atoms with Crippen molar-refractivity contribution in [2.24, 2.45) is 0 Å². The minimum atomic E-state index is -0.510. The third-order valence-corrected chi connectivity index (χ3v) is 3.46. The van der Waals surface area contributed by atoms with E-state index >= 15 is 0 Å². The van der Waals surface area contributed by atoms with Crippen molar-refractivity contribution < 1.29 is 8.78 Å². The molecule has 1 nitrogen and oxygen atoms in total. The molecule has 90 valence electrons. The summed E-state index contributed by atoms with van der Waals surface area (Å²) >= 11 is 1.49. The molecule has 0 radical (unpaired) electrons. The van der Waals surface area contributed by atoms with Gasteiger partial charge >= 0.3 is 0 Å². The zero-order valence-electron chi connectivity index (χ0n) is 9.41. The predicted octanol–water partition coefficient (Wildman–Crippen LogP) is 3.73. The van der Waals surface area contributed by atoms with Crippen LogP contribution in [0.15, 0.2) is 35.7 Å². The average molecular weight is 253 g/mol. The first-order chi connectivity index (χ1) is 8.24. The van der Waals surface area contributed by atoms with E-state index in [9.17, 15) is 8.78 Å². The number of halogens is 2. The van der Waals surface area contributed by atoms with Crippen molar-refractivity contribution in [3.63, 3.8) is 0 Å². The first kappa shape index (κ1) is 12.2. The van der Waals surface area contributed by atoms with Crippen molar-refractivity contribution in [2.45, 2.75) is 13.0 Å². The van der Waals surface area contributed by atoms with Gasteiger partial charge in [0.1, 0.15) is 11.6 Å². The van der Waals surface area contributed by atoms with E-state index in [0.717, 1.165) is 4.88 Å². The standard InChI is InChI=1S/C13H13F2NS/c1-2-16-13(11-7-4-8-17-11)12-9(14)5-3-6-10(12)15/h3-8,13,16H,2H2,1H3. The molecule has 1 N–H and O–H groups in total. The second-order valence-electron chi connectivity index (χ2n) is 3.64. The molecule has 0 aliphatic carbocycles. The molecule has 2 rings (SSSR count). The van der Waals surface area contributed by atoms with E-state index in [1.54, 1.807) is 0 Å². The Morgan fingerprint density at radius 2 is 1.88 bits per heavy atom. The fraction of sp³-hybridized carbons (Fsp3) is 0.231. The molecule has 0 aliphatic heterocycles. The minimum Gasteiger partial charge on any atom is -0.306 e. The zero-order chi connectivity index (χ0) is 12.3. The van der Waals surface area contributed by atoms with Gasteiger partial charge in [-0.1, -0.05) is 19.1 Å². The molecule has 1 atom stereocenters. The minimum absolute atomic E-state index is 0.0943. The SMILES string of the molecule is CCNC(c1cccs1)c1c(F)cccc1F. The van der Waals surface area contributed by atoms with Crippen LogP contribution in [0.3, 0.4) is 0 Å². The van der Waals surface area contributed by atoms with Crippen molar-refractivity contribution in [2.75, 3.05) is 6.54 Å². The summed E-state index contributed by atoms with van der Waals surface area (Å²) in [6.07, 6.45) is 0. The first-order valence-corrected chi connectivity index (χ1v) is 6.32. The Morgan fingerprint density at radius 1 is 1.18 bits per heavy atom. The molecular formula is C13H13F2NS. The Bertz CT molecular complexity index is 462. The van der Waals surface area contributed by atoms with Crippen LogP contribution in [-0.4, -0.2) is 6.54 Å². The topological polar surface area (TPSA) is 12.0 Å². The highest BCUT2D eigenvalue weighted by atomic mass is 32.1. The summed E-state index contributed by atoms with van der Waals surface area (Å²) in [4.78, 5) is 0.913. The molecule has 0 fully saturated rings. The zero-order valence-corrected chi connectivity index (χ0v) is 10.2. The third-order valence-electron chi connectivity index (χ3n) is 2.52. The molecule has 0 saturated carbocycles. The maximum atomic E-state index is 13.7. The highest BCUT2D eigenvalue weighted by Gasteiger charge is 2.21. The summed E-state index contributed by atoms with van der Waals surface area (Å²) in [5.74, 6) is -1.02. The summed E-state index contributed by atoms with van der Waals surface area (Å²) in [5.41, 5.74) is 0.0943. The molecule has 17 heavy (non-hydrogen) atoms. The van der Waals surface area contributed by atoms with Gasteiger partial charge in [0.2, 0.25) is 0 Å². The van der Waals surface area contributed by atoms with Gasteiger partial charge in [0.25, 0.3) is 0 Å². The van der Waals surface area contributed by atoms with Crippen LogP contribution in [0.25, 0.3) is 0 Å². The van der Waals surface area contributed by atoms with Crippen molar-refractivity contribution in [3.05, 3.63) is 57.8 Å². The fourth-order valence-corrected chi connectivity index (χ4v) is 2.60. The van der Waals surface area contributed by atoms with Crippen LogP contribution in [0.1, 0.15) is 23.4 Å². The smallest absolute Gasteiger partial charge is 0.131 e. The molecule has 0 bridgehead atoms. The lowest BCUT2D eigenvalue weighted by molar-refractivity contribution is 0.513. The summed E-state index contributed by atoms with van der Waals surface area (Å²) in [5, 5.41) is 5.01. The van der Waals surface area contributed by atoms with E-state index in [0.29, 0.717) is 6.54 Å². The van der Waals surface area contributed by atoms with Crippen LogP contribution in [0.2, 0.25) is 0 Å². The van der Waals surface area contributed by atoms with Crippen LogP contribution in [0.4, 0.5) is 8.78 Å². The monoisotopic (exact) mass is 253 g/mol. The van der Waals surface area contributed by atoms with Crippen LogP contribution in [0, 0.1) is 11.6 Å². The van der Waals surface area contributed by atoms with E-state index in [4.69, 9.17) is 0 Å². The van der Waals surface area contributed by atoms with Crippen molar-refractivity contribution in [3.8, 4) is 0 Å². The number of hydrogen-bond acceptors (Lipinski definition) is 2. The lowest BCUT2D eigenvalue weighted by Gasteiger charge is -2.18. The Balaban J connectivity index is 2.46. The Labute approximate surface area is 103 Å².